The van der Waals surface area contributed by atoms with E-state index < -0.39 is 6.10 Å². The molecule has 0 aliphatic carbocycles. The van der Waals surface area contributed by atoms with E-state index in [9.17, 15) is 4.79 Å². The van der Waals surface area contributed by atoms with Crippen LogP contribution >= 0.6 is 11.6 Å². The van der Waals surface area contributed by atoms with Crippen LogP contribution in [0.1, 0.15) is 23.9 Å². The van der Waals surface area contributed by atoms with Gasteiger partial charge in [0.15, 0.2) is 6.10 Å². The van der Waals surface area contributed by atoms with Crippen LogP contribution in [-0.2, 0) is 11.3 Å². The van der Waals surface area contributed by atoms with E-state index in [4.69, 9.17) is 20.9 Å². The molecular weight excluding hydrogens is 378 g/mol. The highest BCUT2D eigenvalue weighted by Gasteiger charge is 2.21. The fraction of sp³-hybridized carbons (Fsp3) is 0.286. The highest BCUT2D eigenvalue weighted by Crippen LogP contribution is 2.22. The van der Waals surface area contributed by atoms with Crippen LogP contribution in [0.15, 0.2) is 47.0 Å². The highest BCUT2D eigenvalue weighted by molar-refractivity contribution is 6.31. The molecule has 1 atom stereocenters. The van der Waals surface area contributed by atoms with Gasteiger partial charge in [-0.25, -0.2) is 0 Å². The standard InChI is InChI=1S/C21H22ClN3O3/c1-13-6-5-7-16(10-13)20-23-19(28-24-20)12-25(4)21(26)15(3)27-17-8-9-18(22)14(2)11-17/h5-11,15H,12H2,1-4H3/t15-/m1/s1. The lowest BCUT2D eigenvalue weighted by molar-refractivity contribution is -0.137. The minimum atomic E-state index is -0.662. The minimum absolute atomic E-state index is 0.192. The third-order valence-corrected chi connectivity index (χ3v) is 4.71. The maximum absolute atomic E-state index is 12.6. The van der Waals surface area contributed by atoms with E-state index in [-0.39, 0.29) is 12.5 Å². The molecular formula is C21H22ClN3O3. The quantitative estimate of drug-likeness (QED) is 0.613. The first-order valence-corrected chi connectivity index (χ1v) is 9.28. The highest BCUT2D eigenvalue weighted by atomic mass is 35.5. The third-order valence-electron chi connectivity index (χ3n) is 4.28. The van der Waals surface area contributed by atoms with Gasteiger partial charge in [0, 0.05) is 17.6 Å². The number of aryl methyl sites for hydroxylation is 2. The number of benzene rings is 2. The van der Waals surface area contributed by atoms with Crippen LogP contribution in [0.2, 0.25) is 5.02 Å². The fourth-order valence-corrected chi connectivity index (χ4v) is 2.87. The number of carbonyl (C=O) groups is 1. The van der Waals surface area contributed by atoms with Crippen molar-refractivity contribution >= 4 is 17.5 Å². The number of nitrogens with zero attached hydrogens (tertiary/aromatic N) is 3. The van der Waals surface area contributed by atoms with Crippen LogP contribution in [0, 0.1) is 13.8 Å². The Balaban J connectivity index is 1.63. The van der Waals surface area contributed by atoms with Gasteiger partial charge >= 0.3 is 0 Å². The van der Waals surface area contributed by atoms with E-state index in [0.29, 0.717) is 22.5 Å². The average Bonchev–Trinajstić information content (AvgIpc) is 3.12. The Hall–Kier alpha value is -2.86. The zero-order valence-corrected chi connectivity index (χ0v) is 17.0. The molecule has 3 rings (SSSR count). The van der Waals surface area contributed by atoms with Crippen LogP contribution in [0.3, 0.4) is 0 Å². The van der Waals surface area contributed by atoms with Gasteiger partial charge in [-0.15, -0.1) is 0 Å². The van der Waals surface area contributed by atoms with Crippen molar-refractivity contribution in [1.82, 2.24) is 15.0 Å². The number of halogens is 1. The minimum Gasteiger partial charge on any atom is -0.481 e. The molecule has 0 bridgehead atoms. The molecule has 0 spiro atoms. The van der Waals surface area contributed by atoms with Crippen LogP contribution in [0.5, 0.6) is 5.75 Å². The summed E-state index contributed by atoms with van der Waals surface area (Å²) in [6.07, 6.45) is -0.662. The summed E-state index contributed by atoms with van der Waals surface area (Å²) in [5.74, 6) is 1.26. The van der Waals surface area contributed by atoms with Gasteiger partial charge in [-0.1, -0.05) is 40.5 Å². The summed E-state index contributed by atoms with van der Waals surface area (Å²) >= 11 is 6.02. The lowest BCUT2D eigenvalue weighted by atomic mass is 10.1. The van der Waals surface area contributed by atoms with Crippen molar-refractivity contribution in [3.63, 3.8) is 0 Å². The Morgan fingerprint density at radius 3 is 2.75 bits per heavy atom. The smallest absolute Gasteiger partial charge is 0.263 e. The van der Waals surface area contributed by atoms with E-state index >= 15 is 0 Å². The van der Waals surface area contributed by atoms with E-state index in [1.165, 1.54) is 4.90 Å². The Labute approximate surface area is 169 Å². The van der Waals surface area contributed by atoms with Crippen molar-refractivity contribution in [3.05, 3.63) is 64.5 Å². The van der Waals surface area contributed by atoms with Crippen molar-refractivity contribution < 1.29 is 14.1 Å². The van der Waals surface area contributed by atoms with Crippen LogP contribution in [0.4, 0.5) is 0 Å². The second-order valence-corrected chi connectivity index (χ2v) is 7.15. The summed E-state index contributed by atoms with van der Waals surface area (Å²) in [7, 11) is 1.67. The fourth-order valence-electron chi connectivity index (χ4n) is 2.76. The van der Waals surface area contributed by atoms with Gasteiger partial charge in [-0.2, -0.15) is 4.98 Å². The average molecular weight is 400 g/mol. The van der Waals surface area contributed by atoms with E-state index in [2.05, 4.69) is 10.1 Å². The van der Waals surface area contributed by atoms with Gasteiger partial charge in [0.25, 0.3) is 5.91 Å². The van der Waals surface area contributed by atoms with Crippen molar-refractivity contribution in [1.29, 1.82) is 0 Å². The molecule has 0 fully saturated rings. The summed E-state index contributed by atoms with van der Waals surface area (Å²) < 4.78 is 11.0. The summed E-state index contributed by atoms with van der Waals surface area (Å²) in [5, 5.41) is 4.66. The molecule has 146 valence electrons. The van der Waals surface area contributed by atoms with E-state index in [1.54, 1.807) is 32.2 Å². The third kappa shape index (κ3) is 4.70. The summed E-state index contributed by atoms with van der Waals surface area (Å²) in [6, 6.07) is 13.1. The molecule has 2 aromatic carbocycles. The number of aromatic nitrogens is 2. The Bertz CT molecular complexity index is 987. The molecule has 3 aromatic rings. The Morgan fingerprint density at radius 2 is 2.04 bits per heavy atom. The molecule has 1 aromatic heterocycles. The Kier molecular flexibility index (Phi) is 5.99. The molecule has 6 nitrogen and oxygen atoms in total. The first-order chi connectivity index (χ1) is 13.3. The molecule has 0 aliphatic heterocycles. The van der Waals surface area contributed by atoms with Crippen molar-refractivity contribution in [3.8, 4) is 17.1 Å². The van der Waals surface area contributed by atoms with Gasteiger partial charge in [0.2, 0.25) is 11.7 Å². The first kappa shape index (κ1) is 19.9. The van der Waals surface area contributed by atoms with Gasteiger partial charge in [0.1, 0.15) is 5.75 Å². The monoisotopic (exact) mass is 399 g/mol. The molecule has 0 radical (unpaired) electrons. The number of carbonyl (C=O) groups excluding carboxylic acids is 1. The molecule has 1 amide bonds. The number of ether oxygens (including phenoxy) is 1. The molecule has 1 heterocycles. The molecule has 0 N–H and O–H groups in total. The van der Waals surface area contributed by atoms with Crippen LogP contribution < -0.4 is 4.74 Å². The Morgan fingerprint density at radius 1 is 1.25 bits per heavy atom. The van der Waals surface area contributed by atoms with Crippen molar-refractivity contribution in [2.75, 3.05) is 7.05 Å². The predicted molar refractivity (Wildman–Crippen MR) is 107 cm³/mol. The molecule has 0 aliphatic rings. The second kappa shape index (κ2) is 8.44. The van der Waals surface area contributed by atoms with Crippen molar-refractivity contribution in [2.45, 2.75) is 33.4 Å². The predicted octanol–water partition coefficient (Wildman–Crippen LogP) is 4.43. The van der Waals surface area contributed by atoms with E-state index in [0.717, 1.165) is 16.7 Å². The number of amides is 1. The number of likely N-dealkylation sites (N-methyl/N-ethyl adjacent to an activating group) is 1. The molecule has 7 heteroatoms. The molecule has 0 saturated carbocycles. The van der Waals surface area contributed by atoms with E-state index in [1.807, 2.05) is 38.1 Å². The normalized spacial score (nSPS) is 11.9. The molecule has 0 unspecified atom stereocenters. The van der Waals surface area contributed by atoms with Gasteiger partial charge in [0.05, 0.1) is 6.54 Å². The first-order valence-electron chi connectivity index (χ1n) is 8.91. The largest absolute Gasteiger partial charge is 0.481 e. The molecule has 28 heavy (non-hydrogen) atoms. The maximum Gasteiger partial charge on any atom is 0.263 e. The lowest BCUT2D eigenvalue weighted by Gasteiger charge is -2.21. The van der Waals surface area contributed by atoms with Gasteiger partial charge in [-0.3, -0.25) is 4.79 Å². The topological polar surface area (TPSA) is 68.5 Å². The number of hydrogen-bond acceptors (Lipinski definition) is 5. The lowest BCUT2D eigenvalue weighted by Crippen LogP contribution is -2.37. The van der Waals surface area contributed by atoms with Crippen LogP contribution in [-0.4, -0.2) is 34.1 Å². The number of hydrogen-bond donors (Lipinski definition) is 0. The van der Waals surface area contributed by atoms with Crippen molar-refractivity contribution in [2.24, 2.45) is 0 Å². The van der Waals surface area contributed by atoms with Crippen LogP contribution in [0.25, 0.3) is 11.4 Å². The van der Waals surface area contributed by atoms with Gasteiger partial charge < -0.3 is 14.2 Å². The number of rotatable bonds is 6. The maximum atomic E-state index is 12.6. The van der Waals surface area contributed by atoms with Gasteiger partial charge in [-0.05, 0) is 50.6 Å². The SMILES string of the molecule is Cc1cccc(-c2noc(CN(C)C(=O)[C@@H](C)Oc3ccc(Cl)c(C)c3)n2)c1. The zero-order valence-electron chi connectivity index (χ0n) is 16.3. The summed E-state index contributed by atoms with van der Waals surface area (Å²) in [5.41, 5.74) is 2.88. The summed E-state index contributed by atoms with van der Waals surface area (Å²) in [6.45, 7) is 5.79. The molecule has 0 saturated heterocycles. The second-order valence-electron chi connectivity index (χ2n) is 6.75. The zero-order chi connectivity index (χ0) is 20.3. The summed E-state index contributed by atoms with van der Waals surface area (Å²) in [4.78, 5) is 18.5.